The number of hydrogen-bond donors (Lipinski definition) is 1. The van der Waals surface area contributed by atoms with Crippen LogP contribution < -0.4 is 14.4 Å². The first kappa shape index (κ1) is 21.1. The lowest BCUT2D eigenvalue weighted by molar-refractivity contribution is 0.341. The van der Waals surface area contributed by atoms with Crippen LogP contribution >= 0.6 is 15.9 Å². The first-order chi connectivity index (χ1) is 13.4. The Morgan fingerprint density at radius 1 is 1.21 bits per heavy atom. The number of nitrogens with zero attached hydrogens (tertiary/aromatic N) is 1. The molecule has 1 aliphatic heterocycles. The summed E-state index contributed by atoms with van der Waals surface area (Å²) in [4.78, 5) is 2.35. The van der Waals surface area contributed by atoms with E-state index in [2.05, 4.69) is 32.5 Å². The van der Waals surface area contributed by atoms with Gasteiger partial charge in [0.05, 0.1) is 22.8 Å². The summed E-state index contributed by atoms with van der Waals surface area (Å²) >= 11 is 3.52. The number of unbranched alkanes of at least 4 members (excludes halogenated alkanes) is 1. The van der Waals surface area contributed by atoms with Crippen LogP contribution in [0.5, 0.6) is 5.75 Å². The van der Waals surface area contributed by atoms with Crippen LogP contribution in [0.1, 0.15) is 39.5 Å². The van der Waals surface area contributed by atoms with Gasteiger partial charge in [-0.1, -0.05) is 44.9 Å². The van der Waals surface area contributed by atoms with Crippen LogP contribution in [-0.2, 0) is 10.0 Å². The molecule has 1 unspecified atom stereocenters. The highest BCUT2D eigenvalue weighted by atomic mass is 79.9. The van der Waals surface area contributed by atoms with E-state index in [4.69, 9.17) is 4.74 Å². The second-order valence-corrected chi connectivity index (χ2v) is 9.72. The van der Waals surface area contributed by atoms with Crippen molar-refractivity contribution < 1.29 is 13.2 Å². The average Bonchev–Trinajstić information content (AvgIpc) is 2.79. The first-order valence-electron chi connectivity index (χ1n) is 9.60. The monoisotopic (exact) mass is 466 g/mol. The van der Waals surface area contributed by atoms with Gasteiger partial charge in [0, 0.05) is 18.3 Å². The van der Waals surface area contributed by atoms with Crippen molar-refractivity contribution in [3.63, 3.8) is 0 Å². The first-order valence-corrected chi connectivity index (χ1v) is 11.9. The smallest absolute Gasteiger partial charge is 0.243 e. The van der Waals surface area contributed by atoms with Crippen molar-refractivity contribution in [2.24, 2.45) is 0 Å². The topological polar surface area (TPSA) is 58.6 Å². The molecule has 0 bridgehead atoms. The van der Waals surface area contributed by atoms with E-state index in [0.29, 0.717) is 24.4 Å². The van der Waals surface area contributed by atoms with Crippen molar-refractivity contribution >= 4 is 37.3 Å². The maximum Gasteiger partial charge on any atom is 0.243 e. The molecule has 0 aliphatic carbocycles. The quantitative estimate of drug-likeness (QED) is 0.633. The predicted molar refractivity (Wildman–Crippen MR) is 117 cm³/mol. The molecule has 7 heteroatoms. The number of nitrogens with one attached hydrogen (secondary N) is 1. The number of sulfonamides is 1. The maximum atomic E-state index is 13.4. The van der Waals surface area contributed by atoms with E-state index in [1.54, 1.807) is 6.07 Å². The number of methoxy groups -OCH3 is 1. The zero-order chi connectivity index (χ0) is 20.4. The number of ether oxygens (including phenoxy) is 1. The van der Waals surface area contributed by atoms with E-state index in [1.165, 1.54) is 7.11 Å². The SMILES string of the molecule is CCCCC1(CC)CN(c2ccccc2)c2cc(Br)c(OC)cc2S(=O)(=O)N1. The molecule has 0 fully saturated rings. The Labute approximate surface area is 176 Å². The molecule has 28 heavy (non-hydrogen) atoms. The molecule has 3 rings (SSSR count). The summed E-state index contributed by atoms with van der Waals surface area (Å²) in [5.41, 5.74) is 1.08. The zero-order valence-corrected chi connectivity index (χ0v) is 18.9. The molecule has 2 aromatic rings. The van der Waals surface area contributed by atoms with Crippen molar-refractivity contribution in [3.05, 3.63) is 46.9 Å². The number of para-hydroxylation sites is 1. The normalized spacial score (nSPS) is 21.1. The molecule has 5 nitrogen and oxygen atoms in total. The van der Waals surface area contributed by atoms with Crippen molar-refractivity contribution in [3.8, 4) is 5.75 Å². The predicted octanol–water partition coefficient (Wildman–Crippen LogP) is 5.23. The minimum Gasteiger partial charge on any atom is -0.496 e. The zero-order valence-electron chi connectivity index (χ0n) is 16.5. The van der Waals surface area contributed by atoms with E-state index in [-0.39, 0.29) is 4.90 Å². The van der Waals surface area contributed by atoms with Crippen LogP contribution in [0.4, 0.5) is 11.4 Å². The molecule has 1 N–H and O–H groups in total. The van der Waals surface area contributed by atoms with Gasteiger partial charge in [0.15, 0.2) is 0 Å². The van der Waals surface area contributed by atoms with Gasteiger partial charge in [-0.2, -0.15) is 0 Å². The van der Waals surface area contributed by atoms with Crippen LogP contribution in [0.25, 0.3) is 0 Å². The van der Waals surface area contributed by atoms with E-state index in [9.17, 15) is 8.42 Å². The van der Waals surface area contributed by atoms with Gasteiger partial charge in [-0.15, -0.1) is 0 Å². The molecule has 2 aromatic carbocycles. The largest absolute Gasteiger partial charge is 0.496 e. The molecule has 0 amide bonds. The maximum absolute atomic E-state index is 13.4. The fourth-order valence-corrected chi connectivity index (χ4v) is 5.90. The molecule has 0 spiro atoms. The van der Waals surface area contributed by atoms with Crippen LogP contribution in [-0.4, -0.2) is 27.6 Å². The third kappa shape index (κ3) is 4.07. The van der Waals surface area contributed by atoms with Gasteiger partial charge < -0.3 is 9.64 Å². The molecule has 0 saturated heterocycles. The Morgan fingerprint density at radius 3 is 2.54 bits per heavy atom. The number of anilines is 2. The third-order valence-electron chi connectivity index (χ3n) is 5.38. The average molecular weight is 467 g/mol. The minimum absolute atomic E-state index is 0.239. The molecule has 1 aliphatic rings. The van der Waals surface area contributed by atoms with Crippen molar-refractivity contribution in [2.45, 2.75) is 50.0 Å². The van der Waals surface area contributed by atoms with Gasteiger partial charge in [-0.3, -0.25) is 0 Å². The van der Waals surface area contributed by atoms with Crippen LogP contribution in [0.2, 0.25) is 0 Å². The summed E-state index contributed by atoms with van der Waals surface area (Å²) in [6.45, 7) is 4.74. The van der Waals surface area contributed by atoms with Gasteiger partial charge in [-0.25, -0.2) is 13.1 Å². The van der Waals surface area contributed by atoms with Crippen LogP contribution in [0, 0.1) is 0 Å². The van der Waals surface area contributed by atoms with Gasteiger partial charge in [-0.05, 0) is 47.0 Å². The molecule has 0 radical (unpaired) electrons. The van der Waals surface area contributed by atoms with E-state index >= 15 is 0 Å². The molecule has 1 atom stereocenters. The lowest BCUT2D eigenvalue weighted by Crippen LogP contribution is -2.52. The summed E-state index contributed by atoms with van der Waals surface area (Å²) in [7, 11) is -2.17. The molecular weight excluding hydrogens is 440 g/mol. The number of hydrogen-bond acceptors (Lipinski definition) is 4. The fourth-order valence-electron chi connectivity index (χ4n) is 3.71. The Morgan fingerprint density at radius 2 is 1.93 bits per heavy atom. The van der Waals surface area contributed by atoms with Crippen LogP contribution in [0.15, 0.2) is 51.8 Å². The van der Waals surface area contributed by atoms with E-state index in [0.717, 1.165) is 29.4 Å². The molecular formula is C21H27BrN2O3S. The van der Waals surface area contributed by atoms with E-state index in [1.807, 2.05) is 43.3 Å². The lowest BCUT2D eigenvalue weighted by Gasteiger charge is -2.36. The Balaban J connectivity index is 2.25. The standard InChI is InChI=1S/C21H27BrN2O3S/c1-4-6-12-21(5-2)15-24(16-10-8-7-9-11-16)18-13-17(22)19(27-3)14-20(18)28(25,26)23-21/h7-11,13-14,23H,4-6,12,15H2,1-3H3. The van der Waals surface area contributed by atoms with Crippen molar-refractivity contribution in [2.75, 3.05) is 18.6 Å². The number of fused-ring (bicyclic) bond motifs is 1. The highest BCUT2D eigenvalue weighted by Crippen LogP contribution is 2.42. The molecule has 0 aromatic heterocycles. The molecule has 1 heterocycles. The lowest BCUT2D eigenvalue weighted by atomic mass is 9.90. The van der Waals surface area contributed by atoms with Gasteiger partial charge in [0.25, 0.3) is 0 Å². The summed E-state index contributed by atoms with van der Waals surface area (Å²) < 4.78 is 35.9. The number of rotatable bonds is 6. The van der Waals surface area contributed by atoms with Crippen LogP contribution in [0.3, 0.4) is 0 Å². The van der Waals surface area contributed by atoms with Gasteiger partial charge >= 0.3 is 0 Å². The summed E-state index contributed by atoms with van der Waals surface area (Å²) in [5, 5.41) is 0. The second kappa shape index (κ2) is 8.43. The van der Waals surface area contributed by atoms with Crippen molar-refractivity contribution in [1.29, 1.82) is 0 Å². The highest BCUT2D eigenvalue weighted by Gasteiger charge is 2.41. The second-order valence-electron chi connectivity index (χ2n) is 7.22. The highest BCUT2D eigenvalue weighted by molar-refractivity contribution is 9.10. The summed E-state index contributed by atoms with van der Waals surface area (Å²) in [6, 6.07) is 13.4. The van der Waals surface area contributed by atoms with Gasteiger partial charge in [0.2, 0.25) is 10.0 Å². The Hall–Kier alpha value is -1.57. The fraction of sp³-hybridized carbons (Fsp3) is 0.429. The van der Waals surface area contributed by atoms with E-state index < -0.39 is 15.6 Å². The van der Waals surface area contributed by atoms with Gasteiger partial charge in [0.1, 0.15) is 10.6 Å². The summed E-state index contributed by atoms with van der Waals surface area (Å²) in [6.07, 6.45) is 3.47. The molecule has 152 valence electrons. The number of benzene rings is 2. The number of halogens is 1. The minimum atomic E-state index is -3.71. The third-order valence-corrected chi connectivity index (χ3v) is 7.61. The Bertz CT molecular complexity index is 934. The summed E-state index contributed by atoms with van der Waals surface area (Å²) in [5.74, 6) is 0.495. The molecule has 0 saturated carbocycles. The van der Waals surface area contributed by atoms with Crippen molar-refractivity contribution in [1.82, 2.24) is 4.72 Å². The Kier molecular flexibility index (Phi) is 6.37.